The van der Waals surface area contributed by atoms with Gasteiger partial charge in [-0.05, 0) is 19.7 Å². The molecule has 0 unspecified atom stereocenters. The van der Waals surface area contributed by atoms with Gasteiger partial charge in [-0.3, -0.25) is 4.79 Å². The van der Waals surface area contributed by atoms with Gasteiger partial charge in [-0.2, -0.15) is 0 Å². The molecule has 94 valence electrons. The molecule has 1 rings (SSSR count). The van der Waals surface area contributed by atoms with Gasteiger partial charge < -0.3 is 4.90 Å². The summed E-state index contributed by atoms with van der Waals surface area (Å²) < 4.78 is 0. The number of nitrogens with zero attached hydrogens (tertiary/aromatic N) is 1. The van der Waals surface area contributed by atoms with Crippen LogP contribution in [0.3, 0.4) is 0 Å². The van der Waals surface area contributed by atoms with Crippen LogP contribution in [0.2, 0.25) is 0 Å². The fraction of sp³-hybridized carbons (Fsp3) is 0.533. The van der Waals surface area contributed by atoms with E-state index in [2.05, 4.69) is 17.0 Å². The smallest absolute Gasteiger partial charge is 0.140 e. The van der Waals surface area contributed by atoms with E-state index in [0.29, 0.717) is 5.78 Å². The van der Waals surface area contributed by atoms with Gasteiger partial charge in [-0.1, -0.05) is 51.1 Å². The Kier molecular flexibility index (Phi) is 4.88. The van der Waals surface area contributed by atoms with Crippen molar-refractivity contribution < 1.29 is 4.79 Å². The summed E-state index contributed by atoms with van der Waals surface area (Å²) in [5.41, 5.74) is 1.21. The van der Waals surface area contributed by atoms with E-state index in [1.54, 1.807) is 0 Å². The third kappa shape index (κ3) is 3.40. The van der Waals surface area contributed by atoms with Crippen LogP contribution in [-0.4, -0.2) is 24.8 Å². The van der Waals surface area contributed by atoms with E-state index in [4.69, 9.17) is 0 Å². The summed E-state index contributed by atoms with van der Waals surface area (Å²) in [5.74, 6) is 0.441. The molecule has 0 aromatic heterocycles. The van der Waals surface area contributed by atoms with Gasteiger partial charge in [0.1, 0.15) is 5.78 Å². The summed E-state index contributed by atoms with van der Waals surface area (Å²) in [6, 6.07) is 10.4. The lowest BCUT2D eigenvalue weighted by atomic mass is 9.86. The normalized spacial score (nSPS) is 15.0. The molecule has 0 N–H and O–H groups in total. The Morgan fingerprint density at radius 1 is 1.06 bits per heavy atom. The van der Waals surface area contributed by atoms with Gasteiger partial charge in [0, 0.05) is 17.9 Å². The zero-order valence-electron chi connectivity index (χ0n) is 11.5. The van der Waals surface area contributed by atoms with Crippen LogP contribution in [0, 0.1) is 11.8 Å². The number of carbonyl (C=O) groups is 1. The zero-order chi connectivity index (χ0) is 13.0. The highest BCUT2D eigenvalue weighted by Gasteiger charge is 2.28. The highest BCUT2D eigenvalue weighted by Crippen LogP contribution is 2.28. The highest BCUT2D eigenvalue weighted by atomic mass is 16.1. The Balaban J connectivity index is 2.99. The van der Waals surface area contributed by atoms with Crippen molar-refractivity contribution >= 4 is 5.78 Å². The summed E-state index contributed by atoms with van der Waals surface area (Å²) in [6.45, 7) is 5.97. The maximum atomic E-state index is 12.1. The fourth-order valence-corrected chi connectivity index (χ4v) is 2.37. The van der Waals surface area contributed by atoms with Crippen LogP contribution in [0.25, 0.3) is 0 Å². The fourth-order valence-electron chi connectivity index (χ4n) is 2.37. The summed E-state index contributed by atoms with van der Waals surface area (Å²) in [7, 11) is 4.06. The standard InChI is InChI=1S/C15H23NO/c1-11(2)15(17)12(3)14(16(4)5)13-9-7-6-8-10-13/h6-12,14H,1-5H3/t12-,14+/m1/s1. The first-order valence-corrected chi connectivity index (χ1v) is 6.20. The van der Waals surface area contributed by atoms with Crippen molar-refractivity contribution in [3.8, 4) is 0 Å². The Morgan fingerprint density at radius 3 is 2.00 bits per heavy atom. The molecule has 0 heterocycles. The lowest BCUT2D eigenvalue weighted by molar-refractivity contribution is -0.127. The van der Waals surface area contributed by atoms with Crippen LogP contribution in [0.15, 0.2) is 30.3 Å². The van der Waals surface area contributed by atoms with E-state index < -0.39 is 0 Å². The Labute approximate surface area is 105 Å². The third-order valence-electron chi connectivity index (χ3n) is 3.19. The van der Waals surface area contributed by atoms with E-state index in [9.17, 15) is 4.79 Å². The van der Waals surface area contributed by atoms with Crippen molar-refractivity contribution in [2.75, 3.05) is 14.1 Å². The quantitative estimate of drug-likeness (QED) is 0.778. The molecule has 0 aliphatic heterocycles. The van der Waals surface area contributed by atoms with E-state index in [-0.39, 0.29) is 17.9 Å². The molecule has 0 amide bonds. The SMILES string of the molecule is CC(C)C(=O)[C@H](C)[C@@H](c1ccccc1)N(C)C. The van der Waals surface area contributed by atoms with Crippen molar-refractivity contribution in [1.82, 2.24) is 4.90 Å². The first-order chi connectivity index (χ1) is 7.95. The van der Waals surface area contributed by atoms with Gasteiger partial charge in [-0.25, -0.2) is 0 Å². The first kappa shape index (κ1) is 13.9. The molecular formula is C15H23NO. The van der Waals surface area contributed by atoms with Crippen molar-refractivity contribution in [3.63, 3.8) is 0 Å². The minimum absolute atomic E-state index is 0.0207. The number of carbonyl (C=O) groups excluding carboxylic acids is 1. The van der Waals surface area contributed by atoms with E-state index in [0.717, 1.165) is 0 Å². The molecule has 0 saturated heterocycles. The lowest BCUT2D eigenvalue weighted by Gasteiger charge is -2.30. The second kappa shape index (κ2) is 5.97. The molecule has 0 saturated carbocycles. The predicted octanol–water partition coefficient (Wildman–Crippen LogP) is 3.15. The molecular weight excluding hydrogens is 210 g/mol. The van der Waals surface area contributed by atoms with Gasteiger partial charge in [-0.15, -0.1) is 0 Å². The average molecular weight is 233 g/mol. The van der Waals surface area contributed by atoms with Gasteiger partial charge in [0.25, 0.3) is 0 Å². The molecule has 2 atom stereocenters. The molecule has 0 fully saturated rings. The number of ketones is 1. The van der Waals surface area contributed by atoms with Crippen LogP contribution >= 0.6 is 0 Å². The molecule has 17 heavy (non-hydrogen) atoms. The molecule has 0 aliphatic rings. The van der Waals surface area contributed by atoms with Crippen molar-refractivity contribution in [1.29, 1.82) is 0 Å². The Morgan fingerprint density at radius 2 is 1.59 bits per heavy atom. The molecule has 1 aromatic carbocycles. The first-order valence-electron chi connectivity index (χ1n) is 6.20. The minimum atomic E-state index is 0.0207. The summed E-state index contributed by atoms with van der Waals surface area (Å²) in [6.07, 6.45) is 0. The van der Waals surface area contributed by atoms with Crippen LogP contribution in [0.5, 0.6) is 0 Å². The molecule has 0 aliphatic carbocycles. The highest BCUT2D eigenvalue weighted by molar-refractivity contribution is 5.83. The second-order valence-electron chi connectivity index (χ2n) is 5.16. The van der Waals surface area contributed by atoms with Gasteiger partial charge in [0.05, 0.1) is 0 Å². The number of hydrogen-bond donors (Lipinski definition) is 0. The number of rotatable bonds is 5. The lowest BCUT2D eigenvalue weighted by Crippen LogP contribution is -2.32. The maximum absolute atomic E-state index is 12.1. The van der Waals surface area contributed by atoms with Crippen molar-refractivity contribution in [2.45, 2.75) is 26.8 Å². The summed E-state index contributed by atoms with van der Waals surface area (Å²) in [4.78, 5) is 14.3. The van der Waals surface area contributed by atoms with Crippen LogP contribution in [0.4, 0.5) is 0 Å². The average Bonchev–Trinajstić information content (AvgIpc) is 2.28. The van der Waals surface area contributed by atoms with Crippen LogP contribution < -0.4 is 0 Å². The van der Waals surface area contributed by atoms with Crippen molar-refractivity contribution in [3.05, 3.63) is 35.9 Å². The van der Waals surface area contributed by atoms with E-state index >= 15 is 0 Å². The molecule has 2 nitrogen and oxygen atoms in total. The summed E-state index contributed by atoms with van der Waals surface area (Å²) in [5, 5.41) is 0. The van der Waals surface area contributed by atoms with Gasteiger partial charge in [0.2, 0.25) is 0 Å². The topological polar surface area (TPSA) is 20.3 Å². The Bertz CT molecular complexity index is 356. The Hall–Kier alpha value is -1.15. The zero-order valence-corrected chi connectivity index (χ0v) is 11.5. The largest absolute Gasteiger partial charge is 0.302 e. The van der Waals surface area contributed by atoms with Gasteiger partial charge >= 0.3 is 0 Å². The number of Topliss-reactive ketones (excluding diaryl/α,β-unsaturated/α-hetero) is 1. The molecule has 2 heteroatoms. The van der Waals surface area contributed by atoms with E-state index in [1.165, 1.54) is 5.56 Å². The second-order valence-corrected chi connectivity index (χ2v) is 5.16. The van der Waals surface area contributed by atoms with Crippen molar-refractivity contribution in [2.24, 2.45) is 11.8 Å². The minimum Gasteiger partial charge on any atom is -0.302 e. The molecule has 0 spiro atoms. The van der Waals surface area contributed by atoms with Crippen LogP contribution in [-0.2, 0) is 4.79 Å². The molecule has 0 radical (unpaired) electrons. The third-order valence-corrected chi connectivity index (χ3v) is 3.19. The summed E-state index contributed by atoms with van der Waals surface area (Å²) >= 11 is 0. The molecule has 0 bridgehead atoms. The monoisotopic (exact) mass is 233 g/mol. The molecule has 1 aromatic rings. The van der Waals surface area contributed by atoms with Gasteiger partial charge in [0.15, 0.2) is 0 Å². The van der Waals surface area contributed by atoms with Crippen LogP contribution in [0.1, 0.15) is 32.4 Å². The predicted molar refractivity (Wildman–Crippen MR) is 71.9 cm³/mol. The van der Waals surface area contributed by atoms with E-state index in [1.807, 2.05) is 53.1 Å². The maximum Gasteiger partial charge on any atom is 0.140 e. The number of benzene rings is 1. The number of hydrogen-bond acceptors (Lipinski definition) is 2.